The number of hydrogen-bond donors (Lipinski definition) is 1. The van der Waals surface area contributed by atoms with Crippen LogP contribution in [0.25, 0.3) is 0 Å². The number of piperazine rings is 1. The molecule has 3 rings (SSSR count). The van der Waals surface area contributed by atoms with Crippen LogP contribution < -0.4 is 4.90 Å². The maximum Gasteiger partial charge on any atom is 0.225 e. The summed E-state index contributed by atoms with van der Waals surface area (Å²) in [7, 11) is 0. The minimum Gasteiger partial charge on any atom is -0.505 e. The lowest BCUT2D eigenvalue weighted by Crippen LogP contribution is -2.47. The van der Waals surface area contributed by atoms with Gasteiger partial charge in [-0.1, -0.05) is 11.6 Å². The van der Waals surface area contributed by atoms with Gasteiger partial charge in [-0.2, -0.15) is 5.10 Å². The number of aromatic hydroxyl groups is 1. The van der Waals surface area contributed by atoms with Gasteiger partial charge in [0.1, 0.15) is 0 Å². The molecule has 3 heterocycles. The highest BCUT2D eigenvalue weighted by molar-refractivity contribution is 6.30. The number of nitrogens with zero attached hydrogens (tertiary/aromatic N) is 6. The van der Waals surface area contributed by atoms with E-state index >= 15 is 0 Å². The van der Waals surface area contributed by atoms with Crippen LogP contribution in [0, 0.1) is 0 Å². The van der Waals surface area contributed by atoms with E-state index in [0.29, 0.717) is 11.0 Å². The zero-order valence-electron chi connectivity index (χ0n) is 13.0. The average Bonchev–Trinajstić information content (AvgIpc) is 2.98. The summed E-state index contributed by atoms with van der Waals surface area (Å²) >= 11 is 5.85. The summed E-state index contributed by atoms with van der Waals surface area (Å²) in [6, 6.07) is 0. The van der Waals surface area contributed by atoms with Crippen molar-refractivity contribution < 1.29 is 5.11 Å². The van der Waals surface area contributed by atoms with Crippen LogP contribution in [0.2, 0.25) is 5.02 Å². The van der Waals surface area contributed by atoms with Gasteiger partial charge in [-0.3, -0.25) is 9.58 Å². The maximum atomic E-state index is 9.24. The Bertz CT molecular complexity index is 609. The fraction of sp³-hybridized carbons (Fsp3) is 0.533. The first-order valence-corrected chi connectivity index (χ1v) is 8.25. The first-order valence-electron chi connectivity index (χ1n) is 7.87. The molecule has 124 valence electrons. The SMILES string of the molecule is Oc1cnc(N2CCN(CCCCn3cc(Cl)cn3)CC2)nc1. The van der Waals surface area contributed by atoms with E-state index in [4.69, 9.17) is 11.6 Å². The Morgan fingerprint density at radius 1 is 1.00 bits per heavy atom. The number of hydrogen-bond acceptors (Lipinski definition) is 6. The Morgan fingerprint density at radius 3 is 2.35 bits per heavy atom. The van der Waals surface area contributed by atoms with Gasteiger partial charge >= 0.3 is 0 Å². The lowest BCUT2D eigenvalue weighted by molar-refractivity contribution is 0.249. The molecule has 2 aromatic heterocycles. The number of anilines is 1. The molecular weight excluding hydrogens is 316 g/mol. The summed E-state index contributed by atoms with van der Waals surface area (Å²) in [5, 5.41) is 14.1. The summed E-state index contributed by atoms with van der Waals surface area (Å²) in [6.45, 7) is 5.86. The maximum absolute atomic E-state index is 9.24. The van der Waals surface area contributed by atoms with Crippen LogP contribution in [0.3, 0.4) is 0 Å². The van der Waals surface area contributed by atoms with Gasteiger partial charge in [-0.15, -0.1) is 0 Å². The van der Waals surface area contributed by atoms with E-state index < -0.39 is 0 Å². The summed E-state index contributed by atoms with van der Waals surface area (Å²) in [5.41, 5.74) is 0. The molecule has 0 unspecified atom stereocenters. The minimum atomic E-state index is 0.103. The second kappa shape index (κ2) is 7.61. The molecule has 0 aliphatic carbocycles. The molecule has 1 saturated heterocycles. The first-order chi connectivity index (χ1) is 11.2. The van der Waals surface area contributed by atoms with Crippen molar-refractivity contribution in [3.05, 3.63) is 29.8 Å². The Kier molecular flexibility index (Phi) is 5.30. The molecule has 0 bridgehead atoms. The molecule has 7 nitrogen and oxygen atoms in total. The molecule has 2 aromatic rings. The molecule has 0 aromatic carbocycles. The Hall–Kier alpha value is -1.86. The molecule has 23 heavy (non-hydrogen) atoms. The van der Waals surface area contributed by atoms with Crippen molar-refractivity contribution in [3.8, 4) is 5.75 Å². The van der Waals surface area contributed by atoms with Gasteiger partial charge in [0.2, 0.25) is 5.95 Å². The van der Waals surface area contributed by atoms with Crippen molar-refractivity contribution in [1.82, 2.24) is 24.6 Å². The molecule has 0 atom stereocenters. The molecule has 1 fully saturated rings. The first kappa shape index (κ1) is 16.0. The van der Waals surface area contributed by atoms with Gasteiger partial charge in [0.15, 0.2) is 5.75 Å². The molecule has 0 amide bonds. The van der Waals surface area contributed by atoms with Crippen molar-refractivity contribution >= 4 is 17.5 Å². The monoisotopic (exact) mass is 336 g/mol. The fourth-order valence-corrected chi connectivity index (χ4v) is 2.88. The number of rotatable bonds is 6. The van der Waals surface area contributed by atoms with Crippen molar-refractivity contribution in [2.24, 2.45) is 0 Å². The van der Waals surface area contributed by atoms with Gasteiger partial charge in [0.25, 0.3) is 0 Å². The normalized spacial score (nSPS) is 16.0. The topological polar surface area (TPSA) is 70.3 Å². The zero-order valence-corrected chi connectivity index (χ0v) is 13.7. The Balaban J connectivity index is 1.35. The number of unbranched alkanes of at least 4 members (excludes halogenated alkanes) is 1. The van der Waals surface area contributed by atoms with Crippen LogP contribution in [-0.2, 0) is 6.54 Å². The largest absolute Gasteiger partial charge is 0.505 e. The molecule has 1 aliphatic rings. The van der Waals surface area contributed by atoms with Gasteiger partial charge in [0, 0.05) is 38.9 Å². The van der Waals surface area contributed by atoms with Crippen LogP contribution in [0.5, 0.6) is 5.75 Å². The van der Waals surface area contributed by atoms with Crippen LogP contribution in [0.4, 0.5) is 5.95 Å². The summed E-state index contributed by atoms with van der Waals surface area (Å²) in [5.74, 6) is 0.795. The predicted octanol–water partition coefficient (Wildman–Crippen LogP) is 1.63. The molecule has 0 spiro atoms. The molecule has 0 radical (unpaired) electrons. The van der Waals surface area contributed by atoms with Gasteiger partial charge in [-0.25, -0.2) is 9.97 Å². The smallest absolute Gasteiger partial charge is 0.225 e. The second-order valence-corrected chi connectivity index (χ2v) is 6.14. The van der Waals surface area contributed by atoms with Crippen molar-refractivity contribution in [2.45, 2.75) is 19.4 Å². The quantitative estimate of drug-likeness (QED) is 0.809. The molecule has 8 heteroatoms. The minimum absolute atomic E-state index is 0.103. The lowest BCUT2D eigenvalue weighted by Gasteiger charge is -2.34. The van der Waals surface area contributed by atoms with E-state index in [0.717, 1.165) is 52.1 Å². The highest BCUT2D eigenvalue weighted by Crippen LogP contribution is 2.13. The number of aromatic nitrogens is 4. The van der Waals surface area contributed by atoms with Crippen LogP contribution >= 0.6 is 11.6 Å². The molecule has 1 aliphatic heterocycles. The third-order valence-electron chi connectivity index (χ3n) is 3.99. The average molecular weight is 337 g/mol. The van der Waals surface area contributed by atoms with Crippen LogP contribution in [0.1, 0.15) is 12.8 Å². The van der Waals surface area contributed by atoms with E-state index in [2.05, 4.69) is 24.9 Å². The fourth-order valence-electron chi connectivity index (χ4n) is 2.72. The Morgan fingerprint density at radius 2 is 1.70 bits per heavy atom. The van der Waals surface area contributed by atoms with Gasteiger partial charge < -0.3 is 10.0 Å². The van der Waals surface area contributed by atoms with Crippen LogP contribution in [-0.4, -0.2) is 62.5 Å². The zero-order chi connectivity index (χ0) is 16.1. The number of aryl methyl sites for hydroxylation is 1. The van der Waals surface area contributed by atoms with Crippen molar-refractivity contribution in [2.75, 3.05) is 37.6 Å². The van der Waals surface area contributed by atoms with Crippen molar-refractivity contribution in [3.63, 3.8) is 0 Å². The van der Waals surface area contributed by atoms with Crippen molar-refractivity contribution in [1.29, 1.82) is 0 Å². The van der Waals surface area contributed by atoms with Crippen LogP contribution in [0.15, 0.2) is 24.8 Å². The third kappa shape index (κ3) is 4.56. The molecule has 1 N–H and O–H groups in total. The second-order valence-electron chi connectivity index (χ2n) is 5.70. The van der Waals surface area contributed by atoms with E-state index in [1.54, 1.807) is 6.20 Å². The predicted molar refractivity (Wildman–Crippen MR) is 88.8 cm³/mol. The van der Waals surface area contributed by atoms with E-state index in [9.17, 15) is 5.11 Å². The highest BCUT2D eigenvalue weighted by Gasteiger charge is 2.18. The highest BCUT2D eigenvalue weighted by atomic mass is 35.5. The van der Waals surface area contributed by atoms with E-state index in [1.165, 1.54) is 12.4 Å². The third-order valence-corrected chi connectivity index (χ3v) is 4.19. The standard InChI is InChI=1S/C15H21ClN6O/c16-13-9-19-22(12-13)4-2-1-3-20-5-7-21(8-6-20)15-17-10-14(23)11-18-15/h9-12,23H,1-8H2. The van der Waals surface area contributed by atoms with Gasteiger partial charge in [-0.05, 0) is 19.4 Å². The molecular formula is C15H21ClN6O. The Labute approximate surface area is 140 Å². The summed E-state index contributed by atoms with van der Waals surface area (Å²) in [4.78, 5) is 12.9. The van der Waals surface area contributed by atoms with Gasteiger partial charge in [0.05, 0.1) is 23.6 Å². The number of halogens is 1. The summed E-state index contributed by atoms with van der Waals surface area (Å²) < 4.78 is 1.89. The van der Waals surface area contributed by atoms with E-state index in [1.807, 2.05) is 10.9 Å². The lowest BCUT2D eigenvalue weighted by atomic mass is 10.2. The molecule has 0 saturated carbocycles. The summed E-state index contributed by atoms with van der Waals surface area (Å²) in [6.07, 6.45) is 8.66. The van der Waals surface area contributed by atoms with E-state index in [-0.39, 0.29) is 5.75 Å².